The molecule has 2 heteroatoms. The highest BCUT2D eigenvalue weighted by atomic mass is 16.3. The van der Waals surface area contributed by atoms with E-state index in [2.05, 4.69) is 0 Å². The van der Waals surface area contributed by atoms with Gasteiger partial charge in [-0.3, -0.25) is 0 Å². The molecule has 0 unspecified atom stereocenters. The number of anilines is 3. The van der Waals surface area contributed by atoms with Crippen LogP contribution in [-0.4, -0.2) is 0 Å². The number of rotatable bonds is 6. The molecule has 0 atom stereocenters. The van der Waals surface area contributed by atoms with Gasteiger partial charge in [0.2, 0.25) is 0 Å². The summed E-state index contributed by atoms with van der Waals surface area (Å²) < 4.78 is 145. The minimum absolute atomic E-state index is 0.0254. The van der Waals surface area contributed by atoms with E-state index in [4.69, 9.17) is 14.0 Å². The topological polar surface area (TPSA) is 16.4 Å². The molecular formula is C54H35NO. The highest BCUT2D eigenvalue weighted by molar-refractivity contribution is 6.19. The van der Waals surface area contributed by atoms with E-state index in [1.54, 1.807) is 36.4 Å². The molecule has 0 radical (unpaired) electrons. The Morgan fingerprint density at radius 3 is 1.89 bits per heavy atom. The largest absolute Gasteiger partial charge is 0.455 e. The molecule has 0 saturated carbocycles. The van der Waals surface area contributed by atoms with E-state index in [0.29, 0.717) is 27.5 Å². The second kappa shape index (κ2) is 13.2. The van der Waals surface area contributed by atoms with Gasteiger partial charge in [-0.05, 0) is 109 Å². The van der Waals surface area contributed by atoms with Crippen LogP contribution in [0.25, 0.3) is 87.6 Å². The molecule has 0 N–H and O–H groups in total. The zero-order chi connectivity index (χ0) is 50.1. The summed E-state index contributed by atoms with van der Waals surface area (Å²) in [7, 11) is 0. The molecule has 0 fully saturated rings. The molecule has 0 aliphatic rings. The Morgan fingerprint density at radius 2 is 1.05 bits per heavy atom. The number of hydrogen-bond donors (Lipinski definition) is 0. The van der Waals surface area contributed by atoms with Gasteiger partial charge in [-0.2, -0.15) is 0 Å². The smallest absolute Gasteiger partial charge is 0.143 e. The van der Waals surface area contributed by atoms with E-state index in [9.17, 15) is 11.0 Å². The first-order valence-electron chi connectivity index (χ1n) is 25.5. The quantitative estimate of drug-likeness (QED) is 0.169. The predicted octanol–water partition coefficient (Wildman–Crippen LogP) is 15.5. The Labute approximate surface area is 346 Å². The Morgan fingerprint density at radius 1 is 0.393 bits per heavy atom. The third-order valence-electron chi connectivity index (χ3n) is 10.1. The SMILES string of the molecule is [2H]c1c([2H])c(N(c2c([2H])c([2H])c(-c3c([2H])c([2H])c([2H])c4c([2H])c([2H])c([2H])c([2H])c34)c([2H])c2[2H])c2cccc3oc4c5ccccc5ccc4c23)c([2H])c([2H])c1-c1cccc(-c2cccc3ccccc23)c1. The minimum Gasteiger partial charge on any atom is -0.455 e. The lowest BCUT2D eigenvalue weighted by molar-refractivity contribution is 0.672. The van der Waals surface area contributed by atoms with E-state index >= 15 is 0 Å². The summed E-state index contributed by atoms with van der Waals surface area (Å²) in [6, 6.07) is 26.8. The van der Waals surface area contributed by atoms with Gasteiger partial charge >= 0.3 is 0 Å². The van der Waals surface area contributed by atoms with Gasteiger partial charge in [0, 0.05) is 22.1 Å². The fraction of sp³-hybridized carbons (Fsp3) is 0. The van der Waals surface area contributed by atoms with Crippen molar-refractivity contribution >= 4 is 71.3 Å². The fourth-order valence-corrected chi connectivity index (χ4v) is 7.50. The third kappa shape index (κ3) is 5.34. The summed E-state index contributed by atoms with van der Waals surface area (Å²) in [6.07, 6.45) is 0. The lowest BCUT2D eigenvalue weighted by atomic mass is 9.95. The molecular weight excluding hydrogens is 679 g/mol. The van der Waals surface area contributed by atoms with Crippen LogP contribution in [0.3, 0.4) is 0 Å². The summed E-state index contributed by atoms with van der Waals surface area (Å²) in [4.78, 5) is 1.17. The van der Waals surface area contributed by atoms with Crippen molar-refractivity contribution in [3.05, 3.63) is 212 Å². The zero-order valence-corrected chi connectivity index (χ0v) is 29.4. The molecule has 0 amide bonds. The normalized spacial score (nSPS) is 15.3. The highest BCUT2D eigenvalue weighted by Crippen LogP contribution is 2.45. The number of nitrogens with zero attached hydrogens (tertiary/aromatic N) is 1. The van der Waals surface area contributed by atoms with Gasteiger partial charge in [0.05, 0.1) is 31.6 Å². The van der Waals surface area contributed by atoms with Gasteiger partial charge in [-0.1, -0.05) is 164 Å². The Balaban J connectivity index is 1.22. The average molecular weight is 729 g/mol. The monoisotopic (exact) mass is 728 g/mol. The molecule has 10 aromatic carbocycles. The second-order valence-corrected chi connectivity index (χ2v) is 13.3. The number of hydrogen-bond acceptors (Lipinski definition) is 2. The molecule has 262 valence electrons. The number of benzene rings is 10. The Hall–Kier alpha value is -7.42. The molecule has 0 saturated heterocycles. The van der Waals surface area contributed by atoms with Crippen molar-refractivity contribution in [1.29, 1.82) is 0 Å². The molecule has 0 spiro atoms. The van der Waals surface area contributed by atoms with Crippen LogP contribution in [-0.2, 0) is 0 Å². The van der Waals surface area contributed by atoms with Gasteiger partial charge in [-0.15, -0.1) is 0 Å². The summed E-state index contributed by atoms with van der Waals surface area (Å²) in [5.74, 6) is 0. The maximum Gasteiger partial charge on any atom is 0.143 e. The van der Waals surface area contributed by atoms with Crippen molar-refractivity contribution in [1.82, 2.24) is 0 Å². The van der Waals surface area contributed by atoms with E-state index < -0.39 is 124 Å². The first kappa shape index (κ1) is 20.3. The van der Waals surface area contributed by atoms with Crippen LogP contribution < -0.4 is 4.90 Å². The molecule has 11 rings (SSSR count). The van der Waals surface area contributed by atoms with Crippen molar-refractivity contribution in [2.45, 2.75) is 0 Å². The van der Waals surface area contributed by atoms with Crippen LogP contribution in [0.5, 0.6) is 0 Å². The van der Waals surface area contributed by atoms with Crippen LogP contribution in [0.1, 0.15) is 20.6 Å². The summed E-state index contributed by atoms with van der Waals surface area (Å²) >= 11 is 0. The van der Waals surface area contributed by atoms with Gasteiger partial charge in [0.1, 0.15) is 11.2 Å². The molecule has 2 nitrogen and oxygen atoms in total. The summed E-state index contributed by atoms with van der Waals surface area (Å²) in [6.45, 7) is 0. The number of fused-ring (bicyclic) bond motifs is 7. The van der Waals surface area contributed by atoms with E-state index in [0.717, 1.165) is 32.7 Å². The molecule has 1 heterocycles. The lowest BCUT2D eigenvalue weighted by Gasteiger charge is -2.27. The van der Waals surface area contributed by atoms with Gasteiger partial charge in [-0.25, -0.2) is 0 Å². The average Bonchev–Trinajstić information content (AvgIpc) is 3.78. The standard InChI is InChI=1S/C54H35NO/c1-4-18-45-37(11-1)14-8-21-47(45)40-27-32-44(33-28-40)55(51-23-10-24-52-53(51)50-34-29-39-13-3-6-20-49(39)54(50)56-52)43-30-25-36(26-31-43)41-16-7-17-42(35-41)48-22-9-15-38-12-2-5-19-46(38)48/h1-35H/i1D,4D,8D,11D,14D,18D,21D,25D,26D,27D,28D,30D,31D,32D,33D. The molecule has 0 aliphatic carbocycles. The molecule has 56 heavy (non-hydrogen) atoms. The van der Waals surface area contributed by atoms with Gasteiger partial charge in [0.15, 0.2) is 0 Å². The first-order chi connectivity index (χ1) is 34.0. The van der Waals surface area contributed by atoms with Crippen molar-refractivity contribution in [2.24, 2.45) is 0 Å². The van der Waals surface area contributed by atoms with Crippen LogP contribution in [0.4, 0.5) is 17.1 Å². The Kier molecular flexibility index (Phi) is 4.77. The lowest BCUT2D eigenvalue weighted by Crippen LogP contribution is -2.10. The highest BCUT2D eigenvalue weighted by Gasteiger charge is 2.21. The predicted molar refractivity (Wildman–Crippen MR) is 237 cm³/mol. The molecule has 11 aromatic rings. The molecule has 0 aliphatic heterocycles. The summed E-state index contributed by atoms with van der Waals surface area (Å²) in [5, 5.41) is 3.68. The zero-order valence-electron chi connectivity index (χ0n) is 44.4. The van der Waals surface area contributed by atoms with Crippen molar-refractivity contribution < 1.29 is 25.0 Å². The maximum atomic E-state index is 9.78. The number of furan rings is 1. The summed E-state index contributed by atoms with van der Waals surface area (Å²) in [5.41, 5.74) is 0.898. The van der Waals surface area contributed by atoms with Crippen LogP contribution in [0.15, 0.2) is 216 Å². The van der Waals surface area contributed by atoms with Gasteiger partial charge in [0.25, 0.3) is 0 Å². The van der Waals surface area contributed by atoms with Crippen LogP contribution in [0.2, 0.25) is 0 Å². The van der Waals surface area contributed by atoms with Crippen molar-refractivity contribution in [2.75, 3.05) is 4.90 Å². The molecule has 1 aromatic heterocycles. The van der Waals surface area contributed by atoms with Gasteiger partial charge < -0.3 is 9.32 Å². The first-order valence-corrected chi connectivity index (χ1v) is 18.0. The third-order valence-corrected chi connectivity index (χ3v) is 10.1. The van der Waals surface area contributed by atoms with Crippen LogP contribution in [0, 0.1) is 0 Å². The second-order valence-electron chi connectivity index (χ2n) is 13.3. The van der Waals surface area contributed by atoms with E-state index in [-0.39, 0.29) is 11.3 Å². The minimum atomic E-state index is -0.808. The van der Waals surface area contributed by atoms with Crippen LogP contribution >= 0.6 is 0 Å². The van der Waals surface area contributed by atoms with E-state index in [1.165, 1.54) is 4.90 Å². The Bertz CT molecular complexity index is 4080. The fourth-order valence-electron chi connectivity index (χ4n) is 7.50. The molecule has 0 bridgehead atoms. The van der Waals surface area contributed by atoms with Crippen molar-refractivity contribution in [3.63, 3.8) is 0 Å². The maximum absolute atomic E-state index is 9.78. The van der Waals surface area contributed by atoms with Crippen molar-refractivity contribution in [3.8, 4) is 33.4 Å². The van der Waals surface area contributed by atoms with E-state index in [1.807, 2.05) is 84.9 Å².